The van der Waals surface area contributed by atoms with Crippen LogP contribution in [0.15, 0.2) is 4.79 Å². The van der Waals surface area contributed by atoms with Crippen LogP contribution in [0.5, 0.6) is 5.88 Å². The lowest BCUT2D eigenvalue weighted by atomic mass is 10.00. The van der Waals surface area contributed by atoms with Crippen LogP contribution in [0.4, 0.5) is 0 Å². The molecule has 0 radical (unpaired) electrons. The summed E-state index contributed by atoms with van der Waals surface area (Å²) in [5, 5.41) is 9.97. The Morgan fingerprint density at radius 3 is 2.61 bits per heavy atom. The zero-order valence-corrected chi connectivity index (χ0v) is 11.2. The van der Waals surface area contributed by atoms with Crippen molar-refractivity contribution in [2.75, 3.05) is 0 Å². The molecule has 1 aliphatic carbocycles. The number of hydrogen-bond acceptors (Lipinski definition) is 3. The third-order valence-corrected chi connectivity index (χ3v) is 3.71. The summed E-state index contributed by atoms with van der Waals surface area (Å²) in [5.74, 6) is 1.31. The smallest absolute Gasteiger partial charge is 0.258 e. The van der Waals surface area contributed by atoms with Gasteiger partial charge in [0.25, 0.3) is 5.56 Å². The summed E-state index contributed by atoms with van der Waals surface area (Å²) in [6.45, 7) is 4.26. The monoisotopic (exact) mass is 250 g/mol. The highest BCUT2D eigenvalue weighted by atomic mass is 16.3. The van der Waals surface area contributed by atoms with Crippen LogP contribution < -0.4 is 5.56 Å². The maximum atomic E-state index is 12.0. The minimum atomic E-state index is -0.145. The van der Waals surface area contributed by atoms with Crippen LogP contribution in [0.1, 0.15) is 63.3 Å². The van der Waals surface area contributed by atoms with Crippen molar-refractivity contribution < 1.29 is 5.11 Å². The zero-order chi connectivity index (χ0) is 13.1. The van der Waals surface area contributed by atoms with E-state index in [9.17, 15) is 9.90 Å². The van der Waals surface area contributed by atoms with E-state index in [1.54, 1.807) is 0 Å². The Morgan fingerprint density at radius 1 is 1.39 bits per heavy atom. The van der Waals surface area contributed by atoms with Gasteiger partial charge in [-0.1, -0.05) is 26.7 Å². The van der Waals surface area contributed by atoms with Crippen molar-refractivity contribution >= 4 is 0 Å². The number of aryl methyl sites for hydroxylation is 1. The fourth-order valence-electron chi connectivity index (χ4n) is 2.64. The van der Waals surface area contributed by atoms with Gasteiger partial charge in [0.2, 0.25) is 5.88 Å². The molecule has 0 saturated heterocycles. The van der Waals surface area contributed by atoms with Gasteiger partial charge in [-0.3, -0.25) is 4.79 Å². The second-order valence-corrected chi connectivity index (χ2v) is 5.66. The highest BCUT2D eigenvalue weighted by molar-refractivity contribution is 5.27. The van der Waals surface area contributed by atoms with E-state index in [0.29, 0.717) is 23.7 Å². The van der Waals surface area contributed by atoms with Crippen molar-refractivity contribution in [3.63, 3.8) is 0 Å². The third kappa shape index (κ3) is 2.92. The molecule has 0 bridgehead atoms. The molecule has 0 unspecified atom stereocenters. The molecule has 18 heavy (non-hydrogen) atoms. The van der Waals surface area contributed by atoms with Crippen molar-refractivity contribution in [3.05, 3.63) is 21.7 Å². The zero-order valence-electron chi connectivity index (χ0n) is 11.2. The quantitative estimate of drug-likeness (QED) is 0.863. The first-order valence-corrected chi connectivity index (χ1v) is 6.90. The van der Waals surface area contributed by atoms with Crippen LogP contribution in [0.3, 0.4) is 0 Å². The van der Waals surface area contributed by atoms with Crippen molar-refractivity contribution in [2.45, 2.75) is 58.3 Å². The molecule has 1 aromatic heterocycles. The number of aromatic nitrogens is 2. The van der Waals surface area contributed by atoms with E-state index >= 15 is 0 Å². The average molecular weight is 250 g/mol. The molecule has 4 heteroatoms. The topological polar surface area (TPSA) is 66.0 Å². The Labute approximate surface area is 107 Å². The lowest BCUT2D eigenvalue weighted by Gasteiger charge is -2.11. The normalized spacial score (nSPS) is 16.6. The minimum absolute atomic E-state index is 0.0515. The molecule has 0 aromatic carbocycles. The SMILES string of the molecule is CC(C)CCc1nc(O)c(C2CCCC2)c(=O)[nH]1. The summed E-state index contributed by atoms with van der Waals surface area (Å²) >= 11 is 0. The Hall–Kier alpha value is -1.32. The van der Waals surface area contributed by atoms with E-state index in [2.05, 4.69) is 23.8 Å². The van der Waals surface area contributed by atoms with Gasteiger partial charge in [-0.05, 0) is 31.1 Å². The average Bonchev–Trinajstić information content (AvgIpc) is 2.79. The molecule has 100 valence electrons. The van der Waals surface area contributed by atoms with E-state index in [4.69, 9.17) is 0 Å². The lowest BCUT2D eigenvalue weighted by molar-refractivity contribution is 0.430. The van der Waals surface area contributed by atoms with E-state index in [1.165, 1.54) is 0 Å². The predicted octanol–water partition coefficient (Wildman–Crippen LogP) is 2.72. The summed E-state index contributed by atoms with van der Waals surface area (Å²) in [6, 6.07) is 0. The van der Waals surface area contributed by atoms with Gasteiger partial charge in [-0.25, -0.2) is 4.98 Å². The number of H-pyrrole nitrogens is 1. The van der Waals surface area contributed by atoms with E-state index in [-0.39, 0.29) is 17.4 Å². The van der Waals surface area contributed by atoms with Crippen LogP contribution >= 0.6 is 0 Å². The number of nitrogens with one attached hydrogen (secondary N) is 1. The Morgan fingerprint density at radius 2 is 2.06 bits per heavy atom. The van der Waals surface area contributed by atoms with Crippen LogP contribution in [0.2, 0.25) is 0 Å². The van der Waals surface area contributed by atoms with E-state index < -0.39 is 0 Å². The number of nitrogens with zero attached hydrogens (tertiary/aromatic N) is 1. The standard InChI is InChI=1S/C14H22N2O2/c1-9(2)7-8-11-15-13(17)12(14(18)16-11)10-5-3-4-6-10/h9-10H,3-8H2,1-2H3,(H2,15,16,17,18). The molecule has 2 N–H and O–H groups in total. The Kier molecular flexibility index (Phi) is 4.04. The first-order chi connectivity index (χ1) is 8.58. The Balaban J connectivity index is 2.21. The largest absolute Gasteiger partial charge is 0.493 e. The van der Waals surface area contributed by atoms with Crippen molar-refractivity contribution in [1.82, 2.24) is 9.97 Å². The van der Waals surface area contributed by atoms with Gasteiger partial charge >= 0.3 is 0 Å². The fourth-order valence-corrected chi connectivity index (χ4v) is 2.64. The summed E-state index contributed by atoms with van der Waals surface area (Å²) in [5.41, 5.74) is 0.356. The highest BCUT2D eigenvalue weighted by Gasteiger charge is 2.24. The molecule has 1 saturated carbocycles. The summed E-state index contributed by atoms with van der Waals surface area (Å²) in [7, 11) is 0. The summed E-state index contributed by atoms with van der Waals surface area (Å²) in [4.78, 5) is 19.0. The van der Waals surface area contributed by atoms with Gasteiger partial charge in [0.1, 0.15) is 5.82 Å². The predicted molar refractivity (Wildman–Crippen MR) is 70.9 cm³/mol. The molecule has 1 aromatic rings. The molecule has 0 amide bonds. The molecule has 0 spiro atoms. The molecule has 0 atom stereocenters. The van der Waals surface area contributed by atoms with Crippen LogP contribution in [-0.2, 0) is 6.42 Å². The van der Waals surface area contributed by atoms with Crippen molar-refractivity contribution in [2.24, 2.45) is 5.92 Å². The van der Waals surface area contributed by atoms with Crippen molar-refractivity contribution in [3.8, 4) is 5.88 Å². The molecular weight excluding hydrogens is 228 g/mol. The molecule has 1 heterocycles. The van der Waals surface area contributed by atoms with E-state index in [0.717, 1.165) is 32.1 Å². The van der Waals surface area contributed by atoms with Gasteiger partial charge < -0.3 is 10.1 Å². The molecule has 1 aliphatic rings. The number of hydrogen-bond donors (Lipinski definition) is 2. The van der Waals surface area contributed by atoms with Gasteiger partial charge in [-0.15, -0.1) is 0 Å². The van der Waals surface area contributed by atoms with E-state index in [1.807, 2.05) is 0 Å². The number of rotatable bonds is 4. The Bertz CT molecular complexity index is 459. The number of aromatic amines is 1. The van der Waals surface area contributed by atoms with Crippen molar-refractivity contribution in [1.29, 1.82) is 0 Å². The van der Waals surface area contributed by atoms with Gasteiger partial charge in [0.15, 0.2) is 0 Å². The fraction of sp³-hybridized carbons (Fsp3) is 0.714. The highest BCUT2D eigenvalue weighted by Crippen LogP contribution is 2.35. The summed E-state index contributed by atoms with van der Waals surface area (Å²) in [6.07, 6.45) is 5.93. The molecule has 0 aliphatic heterocycles. The lowest BCUT2D eigenvalue weighted by Crippen LogP contribution is -2.19. The molecule has 4 nitrogen and oxygen atoms in total. The minimum Gasteiger partial charge on any atom is -0.493 e. The maximum absolute atomic E-state index is 12.0. The molecule has 2 rings (SSSR count). The third-order valence-electron chi connectivity index (χ3n) is 3.71. The van der Waals surface area contributed by atoms with Crippen LogP contribution in [0.25, 0.3) is 0 Å². The second-order valence-electron chi connectivity index (χ2n) is 5.66. The van der Waals surface area contributed by atoms with Gasteiger partial charge in [0.05, 0.1) is 5.56 Å². The van der Waals surface area contributed by atoms with Crippen LogP contribution in [0, 0.1) is 5.92 Å². The van der Waals surface area contributed by atoms with Crippen LogP contribution in [-0.4, -0.2) is 15.1 Å². The first kappa shape index (κ1) is 13.1. The number of aromatic hydroxyl groups is 1. The maximum Gasteiger partial charge on any atom is 0.258 e. The first-order valence-electron chi connectivity index (χ1n) is 6.90. The second kappa shape index (κ2) is 5.55. The summed E-state index contributed by atoms with van der Waals surface area (Å²) < 4.78 is 0. The molecular formula is C14H22N2O2. The van der Waals surface area contributed by atoms with Gasteiger partial charge in [-0.2, -0.15) is 0 Å². The molecule has 1 fully saturated rings. The van der Waals surface area contributed by atoms with Gasteiger partial charge in [0, 0.05) is 6.42 Å².